The summed E-state index contributed by atoms with van der Waals surface area (Å²) >= 11 is 0. The molecule has 0 fully saturated rings. The van der Waals surface area contributed by atoms with Gasteiger partial charge in [-0.15, -0.1) is 0 Å². The summed E-state index contributed by atoms with van der Waals surface area (Å²) in [6.07, 6.45) is -4.60. The number of carbonyl (C=O) groups excluding carboxylic acids is 1. The molecule has 1 N–H and O–H groups in total. The summed E-state index contributed by atoms with van der Waals surface area (Å²) in [4.78, 5) is 16.2. The lowest BCUT2D eigenvalue weighted by Crippen LogP contribution is -2.15. The average Bonchev–Trinajstić information content (AvgIpc) is 3.03. The van der Waals surface area contributed by atoms with Crippen molar-refractivity contribution in [3.05, 3.63) is 65.5 Å². The zero-order valence-electron chi connectivity index (χ0n) is 13.7. The molecule has 0 aliphatic heterocycles. The Kier molecular flexibility index (Phi) is 4.75. The number of alkyl halides is 3. The maximum Gasteiger partial charge on any atom is 0.416 e. The van der Waals surface area contributed by atoms with Crippen LogP contribution < -0.4 is 5.32 Å². The Bertz CT molecular complexity index is 918. The van der Waals surface area contributed by atoms with E-state index in [2.05, 4.69) is 15.5 Å². The molecule has 0 spiro atoms. The van der Waals surface area contributed by atoms with Gasteiger partial charge >= 0.3 is 6.18 Å². The first-order valence-corrected chi connectivity index (χ1v) is 7.68. The Hall–Kier alpha value is -3.16. The number of benzene rings is 2. The maximum absolute atomic E-state index is 12.5. The molecule has 0 saturated heterocycles. The molecule has 3 rings (SSSR count). The van der Waals surface area contributed by atoms with Gasteiger partial charge < -0.3 is 9.84 Å². The minimum Gasteiger partial charge on any atom is -0.338 e. The molecule has 1 aromatic heterocycles. The van der Waals surface area contributed by atoms with Gasteiger partial charge in [-0.05, 0) is 36.8 Å². The standard InChI is InChI=1S/C18H14F3N3O2/c1-11-4-2-3-5-14(11)17-23-16(26-24-17)10-15(25)22-13-8-6-12(7-9-13)18(19,20)21/h2-9H,10H2,1H3,(H,22,25). The lowest BCUT2D eigenvalue weighted by atomic mass is 10.1. The van der Waals surface area contributed by atoms with E-state index < -0.39 is 17.6 Å². The third-order valence-electron chi connectivity index (χ3n) is 3.66. The number of nitrogens with one attached hydrogen (secondary N) is 1. The molecule has 0 radical (unpaired) electrons. The first-order valence-electron chi connectivity index (χ1n) is 7.68. The molecule has 0 atom stereocenters. The van der Waals surface area contributed by atoms with Crippen molar-refractivity contribution in [2.24, 2.45) is 0 Å². The number of aryl methyl sites for hydroxylation is 1. The molecule has 1 heterocycles. The normalized spacial score (nSPS) is 11.4. The lowest BCUT2D eigenvalue weighted by Gasteiger charge is -2.08. The molecular formula is C18H14F3N3O2. The molecule has 26 heavy (non-hydrogen) atoms. The summed E-state index contributed by atoms with van der Waals surface area (Å²) in [5.74, 6) is 0.0258. The van der Waals surface area contributed by atoms with Crippen molar-refractivity contribution in [2.45, 2.75) is 19.5 Å². The summed E-state index contributed by atoms with van der Waals surface area (Å²) in [6, 6.07) is 11.7. The number of anilines is 1. The number of rotatable bonds is 4. The van der Waals surface area contributed by atoms with E-state index in [1.54, 1.807) is 0 Å². The lowest BCUT2D eigenvalue weighted by molar-refractivity contribution is -0.137. The van der Waals surface area contributed by atoms with Crippen LogP contribution in [0.2, 0.25) is 0 Å². The summed E-state index contributed by atoms with van der Waals surface area (Å²) in [5, 5.41) is 6.35. The van der Waals surface area contributed by atoms with E-state index in [1.165, 1.54) is 12.1 Å². The number of hydrogen-bond donors (Lipinski definition) is 1. The SMILES string of the molecule is Cc1ccccc1-c1noc(CC(=O)Nc2ccc(C(F)(F)F)cc2)n1. The van der Waals surface area contributed by atoms with Crippen LogP contribution in [0.3, 0.4) is 0 Å². The Morgan fingerprint density at radius 1 is 1.12 bits per heavy atom. The maximum atomic E-state index is 12.5. The number of nitrogens with zero attached hydrogens (tertiary/aromatic N) is 2. The Morgan fingerprint density at radius 3 is 2.46 bits per heavy atom. The second-order valence-electron chi connectivity index (χ2n) is 5.63. The first-order chi connectivity index (χ1) is 12.3. The zero-order valence-corrected chi connectivity index (χ0v) is 13.7. The number of aromatic nitrogens is 2. The molecule has 0 bridgehead atoms. The van der Waals surface area contributed by atoms with Crippen LogP contribution >= 0.6 is 0 Å². The van der Waals surface area contributed by atoms with Crippen LogP contribution in [0, 0.1) is 6.92 Å². The molecule has 3 aromatic rings. The van der Waals surface area contributed by atoms with Gasteiger partial charge in [0.25, 0.3) is 0 Å². The topological polar surface area (TPSA) is 68.0 Å². The molecule has 8 heteroatoms. The van der Waals surface area contributed by atoms with Crippen molar-refractivity contribution in [3.8, 4) is 11.4 Å². The molecule has 2 aromatic carbocycles. The summed E-state index contributed by atoms with van der Waals surface area (Å²) in [7, 11) is 0. The van der Waals surface area contributed by atoms with Gasteiger partial charge in [0.15, 0.2) is 0 Å². The highest BCUT2D eigenvalue weighted by Crippen LogP contribution is 2.29. The van der Waals surface area contributed by atoms with Gasteiger partial charge in [0.05, 0.1) is 5.56 Å². The molecule has 1 amide bonds. The van der Waals surface area contributed by atoms with E-state index in [0.29, 0.717) is 5.82 Å². The van der Waals surface area contributed by atoms with Crippen molar-refractivity contribution in [1.82, 2.24) is 10.1 Å². The second kappa shape index (κ2) is 6.99. The van der Waals surface area contributed by atoms with Gasteiger partial charge in [0.1, 0.15) is 6.42 Å². The predicted molar refractivity (Wildman–Crippen MR) is 88.2 cm³/mol. The fourth-order valence-corrected chi connectivity index (χ4v) is 2.34. The minimum absolute atomic E-state index is 0.118. The molecule has 134 valence electrons. The van der Waals surface area contributed by atoms with Crippen LogP contribution in [0.1, 0.15) is 17.0 Å². The average molecular weight is 361 g/mol. The van der Waals surface area contributed by atoms with Crippen molar-refractivity contribution >= 4 is 11.6 Å². The van der Waals surface area contributed by atoms with Crippen LogP contribution in [0.4, 0.5) is 18.9 Å². The summed E-state index contributed by atoms with van der Waals surface area (Å²) in [6.45, 7) is 1.91. The van der Waals surface area contributed by atoms with Gasteiger partial charge in [-0.1, -0.05) is 29.4 Å². The fourth-order valence-electron chi connectivity index (χ4n) is 2.34. The highest BCUT2D eigenvalue weighted by molar-refractivity contribution is 5.91. The molecule has 0 aliphatic carbocycles. The molecular weight excluding hydrogens is 347 g/mol. The van der Waals surface area contributed by atoms with Crippen LogP contribution in [0.15, 0.2) is 53.1 Å². The highest BCUT2D eigenvalue weighted by atomic mass is 19.4. The fraction of sp³-hybridized carbons (Fsp3) is 0.167. The van der Waals surface area contributed by atoms with Crippen molar-refractivity contribution in [2.75, 3.05) is 5.32 Å². The Labute approximate surface area is 146 Å². The van der Waals surface area contributed by atoms with Gasteiger partial charge in [-0.25, -0.2) is 0 Å². The van der Waals surface area contributed by atoms with Crippen LogP contribution in [0.5, 0.6) is 0 Å². The Balaban J connectivity index is 1.65. The second-order valence-corrected chi connectivity index (χ2v) is 5.63. The van der Waals surface area contributed by atoms with E-state index >= 15 is 0 Å². The molecule has 0 saturated carbocycles. The zero-order chi connectivity index (χ0) is 18.7. The predicted octanol–water partition coefficient (Wildman–Crippen LogP) is 4.25. The van der Waals surface area contributed by atoms with Crippen LogP contribution in [-0.2, 0) is 17.4 Å². The van der Waals surface area contributed by atoms with Gasteiger partial charge in [-0.2, -0.15) is 18.2 Å². The third kappa shape index (κ3) is 4.08. The van der Waals surface area contributed by atoms with E-state index in [-0.39, 0.29) is 18.0 Å². The Morgan fingerprint density at radius 2 is 1.81 bits per heavy atom. The van der Waals surface area contributed by atoms with Gasteiger partial charge in [0, 0.05) is 11.3 Å². The highest BCUT2D eigenvalue weighted by Gasteiger charge is 2.30. The number of hydrogen-bond acceptors (Lipinski definition) is 4. The van der Waals surface area contributed by atoms with Gasteiger partial charge in [0.2, 0.25) is 17.6 Å². The number of halogens is 3. The molecule has 0 unspecified atom stereocenters. The largest absolute Gasteiger partial charge is 0.416 e. The van der Waals surface area contributed by atoms with E-state index in [1.807, 2.05) is 31.2 Å². The summed E-state index contributed by atoms with van der Waals surface area (Å²) < 4.78 is 42.7. The van der Waals surface area contributed by atoms with Crippen molar-refractivity contribution in [1.29, 1.82) is 0 Å². The molecule has 5 nitrogen and oxygen atoms in total. The quantitative estimate of drug-likeness (QED) is 0.755. The smallest absolute Gasteiger partial charge is 0.338 e. The van der Waals surface area contributed by atoms with Crippen molar-refractivity contribution < 1.29 is 22.5 Å². The number of carbonyl (C=O) groups is 1. The van der Waals surface area contributed by atoms with E-state index in [0.717, 1.165) is 23.3 Å². The van der Waals surface area contributed by atoms with Crippen LogP contribution in [0.25, 0.3) is 11.4 Å². The third-order valence-corrected chi connectivity index (χ3v) is 3.66. The number of amides is 1. The van der Waals surface area contributed by atoms with E-state index in [4.69, 9.17) is 4.52 Å². The first kappa shape index (κ1) is 17.7. The van der Waals surface area contributed by atoms with E-state index in [9.17, 15) is 18.0 Å². The monoisotopic (exact) mass is 361 g/mol. The van der Waals surface area contributed by atoms with Gasteiger partial charge in [-0.3, -0.25) is 4.79 Å². The molecule has 0 aliphatic rings. The minimum atomic E-state index is -4.42. The summed E-state index contributed by atoms with van der Waals surface area (Å²) in [5.41, 5.74) is 1.23. The van der Waals surface area contributed by atoms with Crippen molar-refractivity contribution in [3.63, 3.8) is 0 Å². The van der Waals surface area contributed by atoms with Crippen LogP contribution in [-0.4, -0.2) is 16.0 Å².